The highest BCUT2D eigenvalue weighted by atomic mass is 35.5. The molecule has 0 radical (unpaired) electrons. The lowest BCUT2D eigenvalue weighted by atomic mass is 10.2. The van der Waals surface area contributed by atoms with Crippen LogP contribution in [0.5, 0.6) is 0 Å². The second-order valence-corrected chi connectivity index (χ2v) is 5.90. The van der Waals surface area contributed by atoms with E-state index in [2.05, 4.69) is 26.0 Å². The average Bonchev–Trinajstić information content (AvgIpc) is 3.20. The molecule has 33 heavy (non-hydrogen) atoms. The molecule has 1 atom stereocenters. The molecule has 2 aromatic heterocycles. The van der Waals surface area contributed by atoms with Crippen LogP contribution in [0.25, 0.3) is 5.65 Å². The van der Waals surface area contributed by atoms with Crippen molar-refractivity contribution in [3.05, 3.63) is 47.2 Å². The summed E-state index contributed by atoms with van der Waals surface area (Å²) >= 11 is 5.87. The van der Waals surface area contributed by atoms with Crippen molar-refractivity contribution in [3.63, 3.8) is 0 Å². The third kappa shape index (κ3) is 8.73. The second kappa shape index (κ2) is 14.9. The van der Waals surface area contributed by atoms with E-state index in [4.69, 9.17) is 21.1 Å². The Bertz CT molecular complexity index is 947. The molecule has 3 N–H and O–H groups in total. The number of allylic oxidation sites excluding steroid dienone is 1. The summed E-state index contributed by atoms with van der Waals surface area (Å²) in [5.41, 5.74) is 1.19. The molecule has 184 valence electrons. The van der Waals surface area contributed by atoms with E-state index in [0.717, 1.165) is 12.3 Å². The molecular formula is C20H28ClF3N6O3. The summed E-state index contributed by atoms with van der Waals surface area (Å²) in [6, 6.07) is -1.09. The van der Waals surface area contributed by atoms with E-state index in [0.29, 0.717) is 11.3 Å². The minimum atomic E-state index is -4.48. The van der Waals surface area contributed by atoms with E-state index in [-0.39, 0.29) is 23.1 Å². The zero-order chi connectivity index (χ0) is 25.6. The molecule has 0 aromatic carbocycles. The highest BCUT2D eigenvalue weighted by Crippen LogP contribution is 2.24. The molecule has 0 spiro atoms. The number of rotatable bonds is 4. The van der Waals surface area contributed by atoms with Crippen molar-refractivity contribution < 1.29 is 27.5 Å². The number of nitrogens with zero attached hydrogens (tertiary/aromatic N) is 3. The molecular weight excluding hydrogens is 465 g/mol. The fourth-order valence-electron chi connectivity index (χ4n) is 2.41. The Labute approximate surface area is 195 Å². The fourth-order valence-corrected chi connectivity index (χ4v) is 2.59. The van der Waals surface area contributed by atoms with Gasteiger partial charge in [-0.15, -0.1) is 0 Å². The minimum Gasteiger partial charge on any atom is -0.378 e. The van der Waals surface area contributed by atoms with Crippen molar-refractivity contribution in [3.8, 4) is 0 Å². The monoisotopic (exact) mass is 492 g/mol. The van der Waals surface area contributed by atoms with Gasteiger partial charge in [-0.2, -0.15) is 18.3 Å². The zero-order valence-electron chi connectivity index (χ0n) is 19.0. The number of anilines is 1. The molecule has 13 heteroatoms. The number of carbonyl (C=O) groups is 2. The SMILES string of the molecule is C=O.CC.CC.COCc1c(NC(=O)NC2=CC(C(F)(F)F)NC=C2)cnc2cc(Cl)nn12. The lowest BCUT2D eigenvalue weighted by Gasteiger charge is -2.22. The number of urea groups is 1. The largest absolute Gasteiger partial charge is 0.412 e. The van der Waals surface area contributed by atoms with Crippen molar-refractivity contribution in [2.24, 2.45) is 0 Å². The molecule has 0 saturated carbocycles. The lowest BCUT2D eigenvalue weighted by Crippen LogP contribution is -2.41. The molecule has 3 rings (SSSR count). The van der Waals surface area contributed by atoms with Crippen LogP contribution in [0.4, 0.5) is 23.7 Å². The van der Waals surface area contributed by atoms with Gasteiger partial charge in [0.05, 0.1) is 24.2 Å². The van der Waals surface area contributed by atoms with Crippen molar-refractivity contribution in [2.45, 2.75) is 46.5 Å². The van der Waals surface area contributed by atoms with Gasteiger partial charge in [-0.25, -0.2) is 14.3 Å². The van der Waals surface area contributed by atoms with Gasteiger partial charge in [-0.05, 0) is 18.4 Å². The topological polar surface area (TPSA) is 110 Å². The van der Waals surface area contributed by atoms with Gasteiger partial charge < -0.3 is 25.5 Å². The quantitative estimate of drug-likeness (QED) is 0.581. The van der Waals surface area contributed by atoms with E-state index in [9.17, 15) is 18.0 Å². The van der Waals surface area contributed by atoms with Crippen molar-refractivity contribution >= 4 is 35.8 Å². The molecule has 2 amide bonds. The summed E-state index contributed by atoms with van der Waals surface area (Å²) in [4.78, 5) is 24.3. The van der Waals surface area contributed by atoms with Crippen LogP contribution >= 0.6 is 11.6 Å². The van der Waals surface area contributed by atoms with Crippen LogP contribution in [-0.2, 0) is 16.1 Å². The predicted octanol–water partition coefficient (Wildman–Crippen LogP) is 4.45. The normalized spacial score (nSPS) is 14.2. The number of hydrogen-bond donors (Lipinski definition) is 3. The van der Waals surface area contributed by atoms with Gasteiger partial charge in [0, 0.05) is 18.9 Å². The van der Waals surface area contributed by atoms with E-state index < -0.39 is 18.2 Å². The van der Waals surface area contributed by atoms with Crippen molar-refractivity contribution in [1.82, 2.24) is 25.2 Å². The van der Waals surface area contributed by atoms with Crippen molar-refractivity contribution in [2.75, 3.05) is 12.4 Å². The lowest BCUT2D eigenvalue weighted by molar-refractivity contribution is -0.142. The van der Waals surface area contributed by atoms with Crippen LogP contribution in [0.1, 0.15) is 33.4 Å². The summed E-state index contributed by atoms with van der Waals surface area (Å²) in [5, 5.41) is 11.3. The summed E-state index contributed by atoms with van der Waals surface area (Å²) in [6.07, 6.45) is 0.195. The molecule has 0 aliphatic carbocycles. The summed E-state index contributed by atoms with van der Waals surface area (Å²) < 4.78 is 44.8. The Kier molecular flexibility index (Phi) is 13.4. The highest BCUT2D eigenvalue weighted by Gasteiger charge is 2.38. The van der Waals surface area contributed by atoms with E-state index in [1.165, 1.54) is 30.0 Å². The molecule has 9 nitrogen and oxygen atoms in total. The van der Waals surface area contributed by atoms with Crippen LogP contribution < -0.4 is 16.0 Å². The first kappa shape index (κ1) is 29.9. The Morgan fingerprint density at radius 3 is 2.48 bits per heavy atom. The number of nitrogens with one attached hydrogen (secondary N) is 3. The van der Waals surface area contributed by atoms with Gasteiger partial charge in [0.1, 0.15) is 12.8 Å². The van der Waals surface area contributed by atoms with Gasteiger partial charge >= 0.3 is 12.2 Å². The molecule has 1 aliphatic heterocycles. The van der Waals surface area contributed by atoms with E-state index >= 15 is 0 Å². The maximum absolute atomic E-state index is 12.8. The number of fused-ring (bicyclic) bond motifs is 1. The third-order valence-corrected chi connectivity index (χ3v) is 3.76. The standard InChI is InChI=1S/C15H14ClF3N6O2.2C2H6.CH2O/c1-27-7-10-9(6-21-13-5-12(16)24-25(10)13)23-14(26)22-8-2-3-20-11(4-8)15(17,18)19;3*1-2/h2-6,11,20H,7H2,1H3,(H2,22,23,26);2*1-2H3;1H2. The molecule has 1 aliphatic rings. The Morgan fingerprint density at radius 2 is 1.91 bits per heavy atom. The number of hydrogen-bond acceptors (Lipinski definition) is 6. The number of carbonyl (C=O) groups excluding carboxylic acids is 2. The van der Waals surface area contributed by atoms with Crippen LogP contribution in [0, 0.1) is 0 Å². The molecule has 0 fully saturated rings. The number of methoxy groups -OCH3 is 1. The van der Waals surface area contributed by atoms with Crippen LogP contribution in [-0.4, -0.2) is 46.7 Å². The first-order chi connectivity index (χ1) is 15.8. The number of amides is 2. The number of halogens is 4. The van der Waals surface area contributed by atoms with Crippen LogP contribution in [0.15, 0.2) is 36.3 Å². The number of alkyl halides is 3. The first-order valence-corrected chi connectivity index (χ1v) is 10.3. The van der Waals surface area contributed by atoms with Crippen LogP contribution in [0.2, 0.25) is 5.15 Å². The number of ether oxygens (including phenoxy) is 1. The molecule has 0 bridgehead atoms. The number of aromatic nitrogens is 3. The zero-order valence-corrected chi connectivity index (χ0v) is 19.7. The highest BCUT2D eigenvalue weighted by molar-refractivity contribution is 6.29. The summed E-state index contributed by atoms with van der Waals surface area (Å²) in [6.45, 7) is 10.1. The predicted molar refractivity (Wildman–Crippen MR) is 121 cm³/mol. The Balaban J connectivity index is 0.00000158. The summed E-state index contributed by atoms with van der Waals surface area (Å²) in [7, 11) is 1.46. The van der Waals surface area contributed by atoms with Gasteiger partial charge in [0.2, 0.25) is 0 Å². The number of dihydropyridines is 1. The van der Waals surface area contributed by atoms with Crippen molar-refractivity contribution in [1.29, 1.82) is 0 Å². The van der Waals surface area contributed by atoms with Gasteiger partial charge in [0.25, 0.3) is 0 Å². The maximum atomic E-state index is 12.8. The van der Waals surface area contributed by atoms with Gasteiger partial charge in [-0.3, -0.25) is 0 Å². The second-order valence-electron chi connectivity index (χ2n) is 5.51. The van der Waals surface area contributed by atoms with E-state index in [1.807, 2.05) is 34.5 Å². The summed E-state index contributed by atoms with van der Waals surface area (Å²) in [5.74, 6) is 0. The van der Waals surface area contributed by atoms with Gasteiger partial charge in [0.15, 0.2) is 10.8 Å². The third-order valence-electron chi connectivity index (χ3n) is 3.58. The minimum absolute atomic E-state index is 0.00182. The Hall–Kier alpha value is -3.12. The molecule has 1 unspecified atom stereocenters. The van der Waals surface area contributed by atoms with E-state index in [1.54, 1.807) is 0 Å². The molecule has 2 aromatic rings. The smallest absolute Gasteiger partial charge is 0.378 e. The maximum Gasteiger partial charge on any atom is 0.412 e. The van der Waals surface area contributed by atoms with Crippen LogP contribution in [0.3, 0.4) is 0 Å². The Morgan fingerprint density at radius 1 is 1.27 bits per heavy atom. The molecule has 0 saturated heterocycles. The molecule has 3 heterocycles. The first-order valence-electron chi connectivity index (χ1n) is 9.88. The fraction of sp³-hybridized carbons (Fsp3) is 0.400. The average molecular weight is 493 g/mol. The van der Waals surface area contributed by atoms with Gasteiger partial charge in [-0.1, -0.05) is 39.3 Å².